The summed E-state index contributed by atoms with van der Waals surface area (Å²) in [6.45, 7) is 1.65. The number of halogens is 1. The lowest BCUT2D eigenvalue weighted by Gasteiger charge is -2.22. The van der Waals surface area contributed by atoms with E-state index in [0.717, 1.165) is 25.9 Å². The first-order valence-corrected chi connectivity index (χ1v) is 8.66. The summed E-state index contributed by atoms with van der Waals surface area (Å²) in [4.78, 5) is 10.8. The van der Waals surface area contributed by atoms with Crippen LogP contribution >= 0.6 is 23.4 Å². The van der Waals surface area contributed by atoms with Crippen molar-refractivity contribution < 1.29 is 0 Å². The van der Waals surface area contributed by atoms with Gasteiger partial charge in [0.15, 0.2) is 16.1 Å². The van der Waals surface area contributed by atoms with E-state index in [9.17, 15) is 5.26 Å². The molecule has 0 aliphatic carbocycles. The molecule has 0 saturated carbocycles. The number of fused-ring (bicyclic) bond motifs is 1. The minimum Gasteiger partial charge on any atom is -0.355 e. The number of nitrogens with zero attached hydrogens (tertiary/aromatic N) is 4. The van der Waals surface area contributed by atoms with Crippen molar-refractivity contribution >= 4 is 29.2 Å². The van der Waals surface area contributed by atoms with E-state index in [2.05, 4.69) is 45.2 Å². The van der Waals surface area contributed by atoms with E-state index in [1.54, 1.807) is 0 Å². The molecule has 112 valence electrons. The first kappa shape index (κ1) is 15.1. The Labute approximate surface area is 139 Å². The number of benzene rings is 1. The normalized spacial score (nSPS) is 14.1. The number of hydrogen-bond donors (Lipinski definition) is 0. The van der Waals surface area contributed by atoms with Gasteiger partial charge in [-0.3, -0.25) is 0 Å². The number of anilines is 1. The predicted molar refractivity (Wildman–Crippen MR) is 89.6 cm³/mol. The van der Waals surface area contributed by atoms with Crippen molar-refractivity contribution in [3.63, 3.8) is 0 Å². The topological polar surface area (TPSA) is 52.8 Å². The van der Waals surface area contributed by atoms with Crippen molar-refractivity contribution in [3.05, 3.63) is 46.1 Å². The molecule has 2 heterocycles. The summed E-state index contributed by atoms with van der Waals surface area (Å²) < 4.78 is 0. The molecule has 0 bridgehead atoms. The van der Waals surface area contributed by atoms with Crippen LogP contribution in [0.2, 0.25) is 5.15 Å². The van der Waals surface area contributed by atoms with Crippen LogP contribution in [-0.2, 0) is 12.8 Å². The molecule has 4 nitrogen and oxygen atoms in total. The van der Waals surface area contributed by atoms with Crippen molar-refractivity contribution in [2.75, 3.05) is 24.2 Å². The monoisotopic (exact) mass is 330 g/mol. The zero-order valence-corrected chi connectivity index (χ0v) is 13.8. The van der Waals surface area contributed by atoms with Crippen LogP contribution in [0.1, 0.15) is 16.7 Å². The summed E-state index contributed by atoms with van der Waals surface area (Å²) in [5.74, 6) is 0.652. The SMILES string of the molecule is CSc1nc(Cl)c(C#N)c(N2CCc3ccccc3CC2)n1. The Hall–Kier alpha value is -1.77. The summed E-state index contributed by atoms with van der Waals surface area (Å²) in [6, 6.07) is 10.6. The minimum absolute atomic E-state index is 0.235. The third-order valence-corrected chi connectivity index (χ3v) is 4.66. The lowest BCUT2D eigenvalue weighted by molar-refractivity contribution is 0.772. The maximum atomic E-state index is 9.39. The van der Waals surface area contributed by atoms with Crippen molar-refractivity contribution in [2.45, 2.75) is 18.0 Å². The predicted octanol–water partition coefficient (Wildman–Crippen LogP) is 3.33. The standard InChI is InChI=1S/C16H15ClN4S/c1-22-16-19-14(17)13(10-18)15(20-16)21-8-6-11-4-2-3-5-12(11)7-9-21/h2-5H,6-9H2,1H3. The zero-order valence-electron chi connectivity index (χ0n) is 12.2. The summed E-state index contributed by atoms with van der Waals surface area (Å²) in [6.07, 6.45) is 3.79. The average molecular weight is 331 g/mol. The van der Waals surface area contributed by atoms with Crippen LogP contribution in [0.5, 0.6) is 0 Å². The van der Waals surface area contributed by atoms with Gasteiger partial charge in [-0.1, -0.05) is 47.6 Å². The smallest absolute Gasteiger partial charge is 0.190 e. The highest BCUT2D eigenvalue weighted by Crippen LogP contribution is 2.28. The Balaban J connectivity index is 1.96. The molecule has 0 radical (unpaired) electrons. The molecule has 6 heteroatoms. The second kappa shape index (κ2) is 6.55. The van der Waals surface area contributed by atoms with Gasteiger partial charge in [-0.05, 0) is 30.2 Å². The molecule has 2 aromatic rings. The molecule has 1 aliphatic rings. The molecule has 0 unspecified atom stereocenters. The first-order chi connectivity index (χ1) is 10.7. The number of hydrogen-bond acceptors (Lipinski definition) is 5. The van der Waals surface area contributed by atoms with E-state index >= 15 is 0 Å². The highest BCUT2D eigenvalue weighted by molar-refractivity contribution is 7.98. The van der Waals surface area contributed by atoms with E-state index in [0.29, 0.717) is 16.5 Å². The molecular weight excluding hydrogens is 316 g/mol. The lowest BCUT2D eigenvalue weighted by atomic mass is 10.0. The van der Waals surface area contributed by atoms with Crippen LogP contribution < -0.4 is 4.90 Å². The fourth-order valence-corrected chi connectivity index (χ4v) is 3.32. The molecule has 0 amide bonds. The molecule has 1 aliphatic heterocycles. The average Bonchev–Trinajstić information content (AvgIpc) is 2.76. The summed E-state index contributed by atoms with van der Waals surface area (Å²) in [5, 5.41) is 10.2. The Morgan fingerprint density at radius 2 is 1.82 bits per heavy atom. The van der Waals surface area contributed by atoms with Gasteiger partial charge >= 0.3 is 0 Å². The first-order valence-electron chi connectivity index (χ1n) is 7.06. The van der Waals surface area contributed by atoms with Crippen LogP contribution in [0, 0.1) is 11.3 Å². The van der Waals surface area contributed by atoms with E-state index < -0.39 is 0 Å². The Morgan fingerprint density at radius 3 is 2.36 bits per heavy atom. The molecule has 1 aromatic carbocycles. The van der Waals surface area contributed by atoms with Gasteiger partial charge in [0.1, 0.15) is 11.6 Å². The molecule has 3 rings (SSSR count). The lowest BCUT2D eigenvalue weighted by Crippen LogP contribution is -2.28. The molecular formula is C16H15ClN4S. The van der Waals surface area contributed by atoms with Crippen molar-refractivity contribution in [1.29, 1.82) is 5.26 Å². The van der Waals surface area contributed by atoms with Gasteiger partial charge in [-0.15, -0.1) is 0 Å². The van der Waals surface area contributed by atoms with Crippen LogP contribution in [0.3, 0.4) is 0 Å². The molecule has 0 N–H and O–H groups in total. The van der Waals surface area contributed by atoms with E-state index in [-0.39, 0.29) is 5.15 Å². The fraction of sp³-hybridized carbons (Fsp3) is 0.312. The molecule has 0 fully saturated rings. The van der Waals surface area contributed by atoms with Crippen molar-refractivity contribution in [3.8, 4) is 6.07 Å². The highest BCUT2D eigenvalue weighted by Gasteiger charge is 2.21. The molecule has 22 heavy (non-hydrogen) atoms. The molecule has 0 saturated heterocycles. The quantitative estimate of drug-likeness (QED) is 0.480. The zero-order chi connectivity index (χ0) is 15.5. The van der Waals surface area contributed by atoms with Crippen molar-refractivity contribution in [1.82, 2.24) is 9.97 Å². The molecule has 0 atom stereocenters. The summed E-state index contributed by atoms with van der Waals surface area (Å²) in [7, 11) is 0. The largest absolute Gasteiger partial charge is 0.355 e. The Bertz CT molecular complexity index is 714. The van der Waals surface area contributed by atoms with Gasteiger partial charge < -0.3 is 4.90 Å². The third kappa shape index (κ3) is 2.90. The van der Waals surface area contributed by atoms with E-state index in [1.165, 1.54) is 22.9 Å². The van der Waals surface area contributed by atoms with Gasteiger partial charge in [0, 0.05) is 13.1 Å². The van der Waals surface area contributed by atoms with Crippen LogP contribution in [-0.4, -0.2) is 29.3 Å². The number of rotatable bonds is 2. The van der Waals surface area contributed by atoms with Crippen molar-refractivity contribution in [2.24, 2.45) is 0 Å². The second-order valence-corrected chi connectivity index (χ2v) is 6.20. The fourth-order valence-electron chi connectivity index (χ4n) is 2.70. The minimum atomic E-state index is 0.235. The van der Waals surface area contributed by atoms with Gasteiger partial charge in [-0.25, -0.2) is 9.97 Å². The van der Waals surface area contributed by atoms with E-state index in [4.69, 9.17) is 11.6 Å². The van der Waals surface area contributed by atoms with Gasteiger partial charge in [-0.2, -0.15) is 5.26 Å². The highest BCUT2D eigenvalue weighted by atomic mass is 35.5. The Kier molecular flexibility index (Phi) is 4.51. The second-order valence-electron chi connectivity index (χ2n) is 5.07. The number of nitriles is 1. The van der Waals surface area contributed by atoms with Crippen LogP contribution in [0.4, 0.5) is 5.82 Å². The maximum Gasteiger partial charge on any atom is 0.190 e. The van der Waals surface area contributed by atoms with Gasteiger partial charge in [0.25, 0.3) is 0 Å². The van der Waals surface area contributed by atoms with Crippen LogP contribution in [0.25, 0.3) is 0 Å². The summed E-state index contributed by atoms with van der Waals surface area (Å²) in [5.41, 5.74) is 3.10. The van der Waals surface area contributed by atoms with E-state index in [1.807, 2.05) is 6.26 Å². The number of aromatic nitrogens is 2. The van der Waals surface area contributed by atoms with Gasteiger partial charge in [0.2, 0.25) is 0 Å². The molecule has 1 aromatic heterocycles. The van der Waals surface area contributed by atoms with Crippen LogP contribution in [0.15, 0.2) is 29.4 Å². The van der Waals surface area contributed by atoms with Gasteiger partial charge in [0.05, 0.1) is 0 Å². The third-order valence-electron chi connectivity index (χ3n) is 3.84. The Morgan fingerprint density at radius 1 is 1.18 bits per heavy atom. The number of thioether (sulfide) groups is 1. The molecule has 0 spiro atoms. The summed E-state index contributed by atoms with van der Waals surface area (Å²) >= 11 is 7.58. The maximum absolute atomic E-state index is 9.39.